The number of hydrogen-bond donors (Lipinski definition) is 1. The van der Waals surface area contributed by atoms with Crippen LogP contribution in [-0.4, -0.2) is 17.5 Å². The molecular weight excluding hydrogens is 320 g/mol. The summed E-state index contributed by atoms with van der Waals surface area (Å²) in [5.74, 6) is 0.150. The van der Waals surface area contributed by atoms with Crippen molar-refractivity contribution in [1.82, 2.24) is 10.3 Å². The average Bonchev–Trinajstić information content (AvgIpc) is 2.64. The van der Waals surface area contributed by atoms with E-state index in [9.17, 15) is 9.59 Å². The molecule has 3 rings (SSSR count). The van der Waals surface area contributed by atoms with Crippen molar-refractivity contribution in [3.8, 4) is 5.75 Å². The van der Waals surface area contributed by atoms with Crippen LogP contribution in [0, 0.1) is 0 Å². The fraction of sp³-hybridized carbons (Fsp3) is 0.211. The van der Waals surface area contributed by atoms with Crippen molar-refractivity contribution in [3.05, 3.63) is 70.3 Å². The van der Waals surface area contributed by atoms with Crippen LogP contribution in [0.15, 0.2) is 58.0 Å². The highest BCUT2D eigenvalue weighted by Gasteiger charge is 2.14. The summed E-state index contributed by atoms with van der Waals surface area (Å²) < 4.78 is 10.8. The summed E-state index contributed by atoms with van der Waals surface area (Å²) in [6.07, 6.45) is 4.20. The van der Waals surface area contributed by atoms with Gasteiger partial charge in [-0.05, 0) is 36.2 Å². The second-order valence-electron chi connectivity index (χ2n) is 5.54. The summed E-state index contributed by atoms with van der Waals surface area (Å²) in [5.41, 5.74) is 0.531. The van der Waals surface area contributed by atoms with E-state index >= 15 is 0 Å². The first-order chi connectivity index (χ1) is 12.2. The highest BCUT2D eigenvalue weighted by atomic mass is 16.5. The number of ether oxygens (including phenoxy) is 1. The Morgan fingerprint density at radius 2 is 2.16 bits per heavy atom. The van der Waals surface area contributed by atoms with Gasteiger partial charge in [0, 0.05) is 30.4 Å². The van der Waals surface area contributed by atoms with Crippen LogP contribution >= 0.6 is 0 Å². The summed E-state index contributed by atoms with van der Waals surface area (Å²) in [6, 6.07) is 10.4. The van der Waals surface area contributed by atoms with E-state index in [2.05, 4.69) is 10.3 Å². The van der Waals surface area contributed by atoms with Crippen molar-refractivity contribution < 1.29 is 13.9 Å². The van der Waals surface area contributed by atoms with E-state index in [-0.39, 0.29) is 12.1 Å². The van der Waals surface area contributed by atoms with E-state index in [1.54, 1.807) is 36.7 Å². The van der Waals surface area contributed by atoms with E-state index < -0.39 is 11.5 Å². The maximum atomic E-state index is 12.3. The number of hydrogen-bond acceptors (Lipinski definition) is 5. The molecule has 3 aromatic rings. The minimum atomic E-state index is -0.677. The van der Waals surface area contributed by atoms with E-state index in [1.165, 1.54) is 6.07 Å². The van der Waals surface area contributed by atoms with Gasteiger partial charge in [0.05, 0.1) is 6.61 Å². The van der Waals surface area contributed by atoms with Gasteiger partial charge in [0.1, 0.15) is 16.9 Å². The maximum Gasteiger partial charge on any atom is 0.349 e. The van der Waals surface area contributed by atoms with Crippen molar-refractivity contribution in [2.45, 2.75) is 19.9 Å². The zero-order chi connectivity index (χ0) is 17.6. The molecule has 2 aromatic heterocycles. The molecule has 0 aliphatic carbocycles. The molecule has 25 heavy (non-hydrogen) atoms. The smallest absolute Gasteiger partial charge is 0.349 e. The predicted molar refractivity (Wildman–Crippen MR) is 93.7 cm³/mol. The molecular formula is C19H18N2O4. The molecule has 2 heterocycles. The number of rotatable bonds is 6. The van der Waals surface area contributed by atoms with Gasteiger partial charge in [0.15, 0.2) is 0 Å². The zero-order valence-corrected chi connectivity index (χ0v) is 13.8. The third kappa shape index (κ3) is 4.03. The molecule has 0 saturated carbocycles. The second-order valence-corrected chi connectivity index (χ2v) is 5.54. The van der Waals surface area contributed by atoms with E-state index in [1.807, 2.05) is 13.0 Å². The molecule has 0 aliphatic rings. The third-order valence-corrected chi connectivity index (χ3v) is 3.60. The Kier molecular flexibility index (Phi) is 5.09. The Morgan fingerprint density at radius 1 is 1.28 bits per heavy atom. The molecule has 0 atom stereocenters. The molecule has 1 N–H and O–H groups in total. The van der Waals surface area contributed by atoms with Gasteiger partial charge in [-0.3, -0.25) is 9.78 Å². The number of benzene rings is 1. The van der Waals surface area contributed by atoms with Crippen LogP contribution in [-0.2, 0) is 6.54 Å². The topological polar surface area (TPSA) is 81.4 Å². The Morgan fingerprint density at radius 3 is 2.92 bits per heavy atom. The molecule has 1 aromatic carbocycles. The van der Waals surface area contributed by atoms with Crippen molar-refractivity contribution >= 4 is 16.9 Å². The summed E-state index contributed by atoms with van der Waals surface area (Å²) >= 11 is 0. The largest absolute Gasteiger partial charge is 0.493 e. The highest BCUT2D eigenvalue weighted by Crippen LogP contribution is 2.20. The van der Waals surface area contributed by atoms with Crippen LogP contribution in [0.4, 0.5) is 0 Å². The van der Waals surface area contributed by atoms with Crippen LogP contribution < -0.4 is 15.7 Å². The highest BCUT2D eigenvalue weighted by molar-refractivity contribution is 5.96. The quantitative estimate of drug-likeness (QED) is 0.699. The molecule has 1 amide bonds. The Hall–Kier alpha value is -3.15. The molecule has 0 fully saturated rings. The van der Waals surface area contributed by atoms with Gasteiger partial charge < -0.3 is 14.5 Å². The Balaban J connectivity index is 1.80. The zero-order valence-electron chi connectivity index (χ0n) is 13.8. The van der Waals surface area contributed by atoms with Gasteiger partial charge in [-0.2, -0.15) is 0 Å². The Bertz CT molecular complexity index is 935. The molecule has 0 radical (unpaired) electrons. The first kappa shape index (κ1) is 16.7. The van der Waals surface area contributed by atoms with Crippen molar-refractivity contribution in [1.29, 1.82) is 0 Å². The lowest BCUT2D eigenvalue weighted by atomic mass is 10.1. The van der Waals surface area contributed by atoms with Gasteiger partial charge in [-0.15, -0.1) is 0 Å². The lowest BCUT2D eigenvalue weighted by molar-refractivity contribution is 0.0947. The van der Waals surface area contributed by atoms with Crippen LogP contribution in [0.2, 0.25) is 0 Å². The minimum absolute atomic E-state index is 0.0291. The number of carbonyl (C=O) groups is 1. The summed E-state index contributed by atoms with van der Waals surface area (Å²) in [7, 11) is 0. The Labute approximate surface area is 144 Å². The summed E-state index contributed by atoms with van der Waals surface area (Å²) in [6.45, 7) is 2.89. The van der Waals surface area contributed by atoms with Crippen LogP contribution in [0.1, 0.15) is 29.3 Å². The number of aromatic nitrogens is 1. The maximum absolute atomic E-state index is 12.3. The summed E-state index contributed by atoms with van der Waals surface area (Å²) in [4.78, 5) is 28.4. The van der Waals surface area contributed by atoms with Crippen LogP contribution in [0.5, 0.6) is 5.75 Å². The lowest BCUT2D eigenvalue weighted by Crippen LogP contribution is -2.27. The first-order valence-corrected chi connectivity index (χ1v) is 8.05. The van der Waals surface area contributed by atoms with E-state index in [4.69, 9.17) is 9.15 Å². The predicted octanol–water partition coefficient (Wildman–Crippen LogP) is 2.91. The molecule has 0 spiro atoms. The summed E-state index contributed by atoms with van der Waals surface area (Å²) in [5, 5.41) is 3.36. The number of nitrogens with one attached hydrogen (secondary N) is 1. The van der Waals surface area contributed by atoms with Crippen LogP contribution in [0.25, 0.3) is 11.0 Å². The number of nitrogens with zero attached hydrogens (tertiary/aromatic N) is 1. The molecule has 0 aliphatic heterocycles. The van der Waals surface area contributed by atoms with Gasteiger partial charge >= 0.3 is 5.63 Å². The molecule has 128 valence electrons. The van der Waals surface area contributed by atoms with Crippen molar-refractivity contribution in [2.24, 2.45) is 0 Å². The number of amides is 1. The molecule has 6 nitrogen and oxygen atoms in total. The molecule has 0 unspecified atom stereocenters. The van der Waals surface area contributed by atoms with E-state index in [0.29, 0.717) is 23.3 Å². The van der Waals surface area contributed by atoms with Crippen molar-refractivity contribution in [2.75, 3.05) is 6.61 Å². The fourth-order valence-electron chi connectivity index (χ4n) is 2.34. The fourth-order valence-corrected chi connectivity index (χ4v) is 2.34. The van der Waals surface area contributed by atoms with Crippen LogP contribution in [0.3, 0.4) is 0 Å². The SMILES string of the molecule is CCCOc1ccc2cc(C(=O)NCc3cccnc3)c(=O)oc2c1. The third-order valence-electron chi connectivity index (χ3n) is 3.60. The molecule has 0 bridgehead atoms. The number of carbonyl (C=O) groups excluding carboxylic acids is 1. The van der Waals surface area contributed by atoms with E-state index in [0.717, 1.165) is 12.0 Å². The van der Waals surface area contributed by atoms with Gasteiger partial charge in [0.2, 0.25) is 0 Å². The van der Waals surface area contributed by atoms with Gasteiger partial charge in [0.25, 0.3) is 5.91 Å². The average molecular weight is 338 g/mol. The molecule has 0 saturated heterocycles. The standard InChI is InChI=1S/C19H18N2O4/c1-2-8-24-15-6-5-14-9-16(19(23)25-17(14)10-15)18(22)21-12-13-4-3-7-20-11-13/h3-7,9-11H,2,8,12H2,1H3,(H,21,22). The van der Waals surface area contributed by atoms with Crippen molar-refractivity contribution in [3.63, 3.8) is 0 Å². The molecule has 6 heteroatoms. The minimum Gasteiger partial charge on any atom is -0.493 e. The lowest BCUT2D eigenvalue weighted by Gasteiger charge is -2.07. The van der Waals surface area contributed by atoms with Gasteiger partial charge in [-0.1, -0.05) is 13.0 Å². The number of pyridine rings is 1. The normalized spacial score (nSPS) is 10.6. The monoisotopic (exact) mass is 338 g/mol. The first-order valence-electron chi connectivity index (χ1n) is 8.05. The van der Waals surface area contributed by atoms with Gasteiger partial charge in [-0.25, -0.2) is 4.79 Å². The second kappa shape index (κ2) is 7.61. The number of fused-ring (bicyclic) bond motifs is 1.